The van der Waals surface area contributed by atoms with E-state index in [4.69, 9.17) is 4.42 Å². The molecule has 1 N–H and O–H groups in total. The number of rotatable bonds is 3. The van der Waals surface area contributed by atoms with Crippen LogP contribution >= 0.6 is 27.3 Å². The van der Waals surface area contributed by atoms with Crippen molar-refractivity contribution < 1.29 is 9.21 Å². The molecule has 2 rings (SSSR count). The van der Waals surface area contributed by atoms with Gasteiger partial charge in [0.2, 0.25) is 5.76 Å². The Bertz CT molecular complexity index is 506. The molecule has 2 aromatic rings. The Kier molecular flexibility index (Phi) is 3.40. The van der Waals surface area contributed by atoms with E-state index in [1.165, 1.54) is 6.39 Å². The first-order valence-electron chi connectivity index (χ1n) is 4.58. The van der Waals surface area contributed by atoms with E-state index in [9.17, 15) is 4.79 Å². The highest BCUT2D eigenvalue weighted by atomic mass is 79.9. The molecule has 1 amide bonds. The van der Waals surface area contributed by atoms with Gasteiger partial charge in [0.25, 0.3) is 5.91 Å². The lowest BCUT2D eigenvalue weighted by Crippen LogP contribution is -2.22. The van der Waals surface area contributed by atoms with Crippen molar-refractivity contribution in [3.05, 3.63) is 38.6 Å². The quantitative estimate of drug-likeness (QED) is 0.948. The smallest absolute Gasteiger partial charge is 0.289 e. The van der Waals surface area contributed by atoms with Crippen LogP contribution in [0.3, 0.4) is 0 Å². The van der Waals surface area contributed by atoms with Gasteiger partial charge in [-0.2, -0.15) is 0 Å². The van der Waals surface area contributed by atoms with Crippen LogP contribution in [0.4, 0.5) is 0 Å². The lowest BCUT2D eigenvalue weighted by atomic mass is 10.3. The number of nitrogens with zero attached hydrogens (tertiary/aromatic N) is 1. The van der Waals surface area contributed by atoms with E-state index in [2.05, 4.69) is 26.2 Å². The summed E-state index contributed by atoms with van der Waals surface area (Å²) in [5.74, 6) is 0.0372. The first-order valence-corrected chi connectivity index (χ1v) is 6.25. The van der Waals surface area contributed by atoms with E-state index in [-0.39, 0.29) is 11.7 Å². The minimum atomic E-state index is -0.237. The first kappa shape index (κ1) is 11.3. The summed E-state index contributed by atoms with van der Waals surface area (Å²) in [6.45, 7) is 2.23. The van der Waals surface area contributed by atoms with Crippen molar-refractivity contribution in [2.24, 2.45) is 0 Å². The molecule has 0 atom stereocenters. The molecule has 16 heavy (non-hydrogen) atoms. The summed E-state index contributed by atoms with van der Waals surface area (Å²) in [5, 5.41) is 4.75. The van der Waals surface area contributed by atoms with Gasteiger partial charge in [-0.15, -0.1) is 11.3 Å². The molecule has 0 aliphatic carbocycles. The molecule has 0 radical (unpaired) electrons. The Morgan fingerprint density at radius 2 is 2.50 bits per heavy atom. The average molecular weight is 301 g/mol. The normalized spacial score (nSPS) is 10.4. The number of oxazole rings is 1. The molecule has 0 bridgehead atoms. The molecular formula is C10H9BrN2O2S. The van der Waals surface area contributed by atoms with E-state index in [1.54, 1.807) is 18.3 Å². The average Bonchev–Trinajstić information content (AvgIpc) is 2.84. The van der Waals surface area contributed by atoms with Crippen LogP contribution < -0.4 is 5.32 Å². The Morgan fingerprint density at radius 1 is 1.69 bits per heavy atom. The number of hydrogen-bond donors (Lipinski definition) is 1. The molecule has 6 heteroatoms. The fourth-order valence-electron chi connectivity index (χ4n) is 1.21. The van der Waals surface area contributed by atoms with Gasteiger partial charge in [0.1, 0.15) is 0 Å². The maximum absolute atomic E-state index is 11.7. The minimum absolute atomic E-state index is 0.237. The van der Waals surface area contributed by atoms with E-state index >= 15 is 0 Å². The second-order valence-electron chi connectivity index (χ2n) is 3.18. The summed E-state index contributed by atoms with van der Waals surface area (Å²) < 4.78 is 6.02. The zero-order valence-electron chi connectivity index (χ0n) is 8.49. The maximum atomic E-state index is 11.7. The summed E-state index contributed by atoms with van der Waals surface area (Å²) >= 11 is 4.94. The van der Waals surface area contributed by atoms with Crippen LogP contribution in [0.5, 0.6) is 0 Å². The highest BCUT2D eigenvalue weighted by Gasteiger charge is 2.13. The van der Waals surface area contributed by atoms with Gasteiger partial charge >= 0.3 is 0 Å². The van der Waals surface area contributed by atoms with Crippen molar-refractivity contribution in [3.63, 3.8) is 0 Å². The van der Waals surface area contributed by atoms with Crippen LogP contribution in [-0.4, -0.2) is 10.9 Å². The van der Waals surface area contributed by atoms with Gasteiger partial charge in [-0.3, -0.25) is 4.79 Å². The topological polar surface area (TPSA) is 55.1 Å². The molecule has 84 valence electrons. The molecule has 0 aliphatic rings. The molecule has 0 unspecified atom stereocenters. The van der Waals surface area contributed by atoms with Crippen LogP contribution in [0.2, 0.25) is 0 Å². The van der Waals surface area contributed by atoms with Gasteiger partial charge in [-0.25, -0.2) is 4.98 Å². The molecule has 0 saturated heterocycles. The molecular weight excluding hydrogens is 292 g/mol. The molecule has 0 saturated carbocycles. The predicted octanol–water partition coefficient (Wildman–Crippen LogP) is 2.74. The zero-order chi connectivity index (χ0) is 11.5. The monoisotopic (exact) mass is 300 g/mol. The standard InChI is InChI=1S/C10H9BrN2O2S/c1-6-9(15-5-13-6)10(14)12-3-8-2-7(11)4-16-8/h2,4-5H,3H2,1H3,(H,12,14). The van der Waals surface area contributed by atoms with E-state index in [0.717, 1.165) is 9.35 Å². The molecule has 0 aliphatic heterocycles. The second kappa shape index (κ2) is 4.80. The van der Waals surface area contributed by atoms with Gasteiger partial charge in [0.05, 0.1) is 12.2 Å². The van der Waals surface area contributed by atoms with E-state index in [1.807, 2.05) is 11.4 Å². The number of hydrogen-bond acceptors (Lipinski definition) is 4. The SMILES string of the molecule is Cc1ncoc1C(=O)NCc1cc(Br)cs1. The van der Waals surface area contributed by atoms with Crippen LogP contribution in [0, 0.1) is 6.92 Å². The third-order valence-corrected chi connectivity index (χ3v) is 3.69. The van der Waals surface area contributed by atoms with Crippen molar-refractivity contribution in [1.82, 2.24) is 10.3 Å². The van der Waals surface area contributed by atoms with Gasteiger partial charge in [-0.1, -0.05) is 0 Å². The van der Waals surface area contributed by atoms with Crippen LogP contribution in [-0.2, 0) is 6.54 Å². The third-order valence-electron chi connectivity index (χ3n) is 2.00. The van der Waals surface area contributed by atoms with Crippen LogP contribution in [0.25, 0.3) is 0 Å². The lowest BCUT2D eigenvalue weighted by molar-refractivity contribution is 0.0922. The van der Waals surface area contributed by atoms with E-state index < -0.39 is 0 Å². The number of carbonyl (C=O) groups excluding carboxylic acids is 1. The van der Waals surface area contributed by atoms with Crippen molar-refractivity contribution >= 4 is 33.2 Å². The van der Waals surface area contributed by atoms with Crippen molar-refractivity contribution in [3.8, 4) is 0 Å². The fraction of sp³-hybridized carbons (Fsp3) is 0.200. The largest absolute Gasteiger partial charge is 0.438 e. The van der Waals surface area contributed by atoms with Gasteiger partial charge in [0.15, 0.2) is 6.39 Å². The van der Waals surface area contributed by atoms with Gasteiger partial charge in [-0.05, 0) is 28.9 Å². The van der Waals surface area contributed by atoms with Crippen molar-refractivity contribution in [1.29, 1.82) is 0 Å². The molecule has 0 spiro atoms. The lowest BCUT2D eigenvalue weighted by Gasteiger charge is -2.00. The number of nitrogens with one attached hydrogen (secondary N) is 1. The first-order chi connectivity index (χ1) is 7.66. The maximum Gasteiger partial charge on any atom is 0.289 e. The second-order valence-corrected chi connectivity index (χ2v) is 5.09. The highest BCUT2D eigenvalue weighted by Crippen LogP contribution is 2.19. The number of thiophene rings is 1. The van der Waals surface area contributed by atoms with Gasteiger partial charge < -0.3 is 9.73 Å². The summed E-state index contributed by atoms with van der Waals surface area (Å²) in [5.41, 5.74) is 0.602. The van der Waals surface area contributed by atoms with E-state index in [0.29, 0.717) is 12.2 Å². The fourth-order valence-corrected chi connectivity index (χ4v) is 2.60. The van der Waals surface area contributed by atoms with Crippen LogP contribution in [0.15, 0.2) is 26.7 Å². The molecule has 0 aromatic carbocycles. The Hall–Kier alpha value is -1.14. The molecule has 0 fully saturated rings. The Labute approximate surface area is 105 Å². The van der Waals surface area contributed by atoms with Crippen molar-refractivity contribution in [2.45, 2.75) is 13.5 Å². The number of amides is 1. The molecule has 4 nitrogen and oxygen atoms in total. The summed E-state index contributed by atoms with van der Waals surface area (Å²) in [6.07, 6.45) is 1.27. The summed E-state index contributed by atoms with van der Waals surface area (Å²) in [4.78, 5) is 16.6. The van der Waals surface area contributed by atoms with Gasteiger partial charge in [0, 0.05) is 14.7 Å². The third kappa shape index (κ3) is 2.51. The number of aryl methyl sites for hydroxylation is 1. The van der Waals surface area contributed by atoms with Crippen LogP contribution in [0.1, 0.15) is 21.1 Å². The zero-order valence-corrected chi connectivity index (χ0v) is 10.9. The van der Waals surface area contributed by atoms with Crippen molar-refractivity contribution in [2.75, 3.05) is 0 Å². The Balaban J connectivity index is 1.96. The number of halogens is 1. The Morgan fingerprint density at radius 3 is 3.06 bits per heavy atom. The number of aromatic nitrogens is 1. The molecule has 2 aromatic heterocycles. The summed E-state index contributed by atoms with van der Waals surface area (Å²) in [6, 6.07) is 1.97. The highest BCUT2D eigenvalue weighted by molar-refractivity contribution is 9.10. The summed E-state index contributed by atoms with van der Waals surface area (Å²) in [7, 11) is 0. The predicted molar refractivity (Wildman–Crippen MR) is 64.4 cm³/mol. The number of carbonyl (C=O) groups is 1. The minimum Gasteiger partial charge on any atom is -0.438 e. The molecule has 2 heterocycles.